The van der Waals surface area contributed by atoms with Crippen LogP contribution in [-0.4, -0.2) is 41.3 Å². The number of thioether (sulfide) groups is 1. The molecule has 0 atom stereocenters. The minimum absolute atomic E-state index is 0.424. The van der Waals surface area contributed by atoms with E-state index in [-0.39, 0.29) is 0 Å². The predicted octanol–water partition coefficient (Wildman–Crippen LogP) is 2.57. The number of rotatable bonds is 7. The highest BCUT2D eigenvalue weighted by Gasteiger charge is 2.11. The van der Waals surface area contributed by atoms with E-state index < -0.39 is 0 Å². The molecule has 3 heteroatoms. The normalized spacial score (nSPS) is 17.5. The Hall–Kier alpha value is -0.0200. The van der Waals surface area contributed by atoms with E-state index in [1.54, 1.807) is 11.8 Å². The molecule has 15 heavy (non-hydrogen) atoms. The van der Waals surface area contributed by atoms with E-state index in [1.807, 2.05) is 0 Å². The second kappa shape index (κ2) is 7.29. The number of nitrogens with zero attached hydrogens (tertiary/aromatic N) is 1. The molecule has 0 bridgehead atoms. The van der Waals surface area contributed by atoms with Gasteiger partial charge in [-0.2, -0.15) is 11.8 Å². The van der Waals surface area contributed by atoms with E-state index in [4.69, 9.17) is 0 Å². The Bertz CT molecular complexity index is 188. The van der Waals surface area contributed by atoms with Gasteiger partial charge >= 0.3 is 0 Å². The summed E-state index contributed by atoms with van der Waals surface area (Å²) in [4.78, 5) is 14.0. The molecule has 2 nitrogen and oxygen atoms in total. The minimum atomic E-state index is 0.424. The van der Waals surface area contributed by atoms with Crippen LogP contribution in [0.4, 0.5) is 0 Å². The van der Waals surface area contributed by atoms with Crippen molar-refractivity contribution < 1.29 is 4.79 Å². The monoisotopic (exact) mass is 229 g/mol. The maximum atomic E-state index is 11.5. The summed E-state index contributed by atoms with van der Waals surface area (Å²) in [6.07, 6.45) is 4.52. The molecule has 0 unspecified atom stereocenters. The van der Waals surface area contributed by atoms with Gasteiger partial charge in [0, 0.05) is 6.42 Å². The Morgan fingerprint density at radius 2 is 2.00 bits per heavy atom. The summed E-state index contributed by atoms with van der Waals surface area (Å²) in [6.45, 7) is 7.90. The predicted molar refractivity (Wildman–Crippen MR) is 67.5 cm³/mol. The molecular formula is C12H23NOS. The van der Waals surface area contributed by atoms with Crippen molar-refractivity contribution >= 4 is 17.5 Å². The second-order valence-electron chi connectivity index (χ2n) is 4.55. The highest BCUT2D eigenvalue weighted by atomic mass is 32.2. The smallest absolute Gasteiger partial charge is 0.142 e. The molecule has 0 amide bonds. The molecule has 1 fully saturated rings. The molecule has 1 saturated heterocycles. The van der Waals surface area contributed by atoms with Crippen LogP contribution in [0.3, 0.4) is 0 Å². The van der Waals surface area contributed by atoms with Crippen molar-refractivity contribution in [2.75, 3.05) is 25.4 Å². The zero-order valence-corrected chi connectivity index (χ0v) is 10.8. The van der Waals surface area contributed by atoms with Crippen LogP contribution in [0.5, 0.6) is 0 Å². The van der Waals surface area contributed by atoms with Crippen LogP contribution in [0.2, 0.25) is 0 Å². The van der Waals surface area contributed by atoms with E-state index in [0.717, 1.165) is 19.4 Å². The van der Waals surface area contributed by atoms with Crippen LogP contribution in [0.15, 0.2) is 0 Å². The van der Waals surface area contributed by atoms with Crippen molar-refractivity contribution in [2.24, 2.45) is 0 Å². The lowest BCUT2D eigenvalue weighted by molar-refractivity contribution is -0.116. The van der Waals surface area contributed by atoms with Crippen molar-refractivity contribution in [3.05, 3.63) is 0 Å². The van der Waals surface area contributed by atoms with E-state index in [0.29, 0.717) is 16.8 Å². The summed E-state index contributed by atoms with van der Waals surface area (Å²) in [6, 6.07) is 0. The van der Waals surface area contributed by atoms with Crippen LogP contribution in [0.25, 0.3) is 0 Å². The van der Waals surface area contributed by atoms with Gasteiger partial charge in [-0.1, -0.05) is 13.8 Å². The summed E-state index contributed by atoms with van der Waals surface area (Å²) in [7, 11) is 0. The summed E-state index contributed by atoms with van der Waals surface area (Å²) >= 11 is 1.76. The third kappa shape index (κ3) is 6.21. The van der Waals surface area contributed by atoms with E-state index in [9.17, 15) is 4.79 Å². The molecule has 88 valence electrons. The number of carbonyl (C=O) groups is 1. The molecule has 0 aromatic rings. The summed E-state index contributed by atoms with van der Waals surface area (Å²) in [5.74, 6) is 1.13. The molecular weight excluding hydrogens is 206 g/mol. The molecule has 0 spiro atoms. The Morgan fingerprint density at radius 3 is 2.60 bits per heavy atom. The summed E-state index contributed by atoms with van der Waals surface area (Å²) in [5.41, 5.74) is 0. The third-order valence-corrected chi connectivity index (χ3v) is 3.86. The number of ketones is 1. The third-order valence-electron chi connectivity index (χ3n) is 2.71. The van der Waals surface area contributed by atoms with Crippen molar-refractivity contribution in [3.8, 4) is 0 Å². The van der Waals surface area contributed by atoms with Crippen LogP contribution in [-0.2, 0) is 4.79 Å². The van der Waals surface area contributed by atoms with Crippen molar-refractivity contribution in [1.82, 2.24) is 4.90 Å². The van der Waals surface area contributed by atoms with Crippen LogP contribution >= 0.6 is 11.8 Å². The number of carbonyl (C=O) groups excluding carboxylic acids is 1. The SMILES string of the molecule is CC(C)SCC(=O)CCCN1CCCC1. The van der Waals surface area contributed by atoms with Gasteiger partial charge < -0.3 is 4.90 Å². The number of hydrogen-bond donors (Lipinski definition) is 0. The zero-order chi connectivity index (χ0) is 11.1. The number of hydrogen-bond acceptors (Lipinski definition) is 3. The highest BCUT2D eigenvalue weighted by Crippen LogP contribution is 2.12. The Morgan fingerprint density at radius 1 is 1.33 bits per heavy atom. The Labute approximate surface area is 97.8 Å². The molecule has 0 aromatic heterocycles. The van der Waals surface area contributed by atoms with Crippen molar-refractivity contribution in [1.29, 1.82) is 0 Å². The summed E-state index contributed by atoms with van der Waals surface area (Å²) < 4.78 is 0. The lowest BCUT2D eigenvalue weighted by Gasteiger charge is -2.13. The fourth-order valence-electron chi connectivity index (χ4n) is 1.84. The largest absolute Gasteiger partial charge is 0.303 e. The molecule has 1 heterocycles. The molecule has 0 radical (unpaired) electrons. The number of likely N-dealkylation sites (tertiary alicyclic amines) is 1. The summed E-state index contributed by atoms with van der Waals surface area (Å²) in [5, 5.41) is 0.576. The van der Waals surface area contributed by atoms with E-state index in [1.165, 1.54) is 25.9 Å². The first-order valence-electron chi connectivity index (χ1n) is 6.04. The minimum Gasteiger partial charge on any atom is -0.303 e. The fourth-order valence-corrected chi connectivity index (χ4v) is 2.50. The average molecular weight is 229 g/mol. The van der Waals surface area contributed by atoms with Gasteiger partial charge in [0.2, 0.25) is 0 Å². The molecule has 1 rings (SSSR count). The standard InChI is InChI=1S/C12H23NOS/c1-11(2)15-10-12(14)6-5-9-13-7-3-4-8-13/h11H,3-10H2,1-2H3. The quantitative estimate of drug-likeness (QED) is 0.669. The molecule has 0 N–H and O–H groups in total. The van der Waals surface area contributed by atoms with Gasteiger partial charge in [-0.3, -0.25) is 4.79 Å². The maximum Gasteiger partial charge on any atom is 0.142 e. The van der Waals surface area contributed by atoms with E-state index >= 15 is 0 Å². The van der Waals surface area contributed by atoms with Gasteiger partial charge in [-0.15, -0.1) is 0 Å². The molecule has 0 aromatic carbocycles. The number of Topliss-reactive ketones (excluding diaryl/α,β-unsaturated/α-hetero) is 1. The van der Waals surface area contributed by atoms with Gasteiger partial charge in [-0.25, -0.2) is 0 Å². The topological polar surface area (TPSA) is 20.3 Å². The first kappa shape index (κ1) is 13.0. The van der Waals surface area contributed by atoms with Crippen LogP contribution in [0, 0.1) is 0 Å². The first-order chi connectivity index (χ1) is 7.18. The van der Waals surface area contributed by atoms with Gasteiger partial charge in [-0.05, 0) is 44.1 Å². The van der Waals surface area contributed by atoms with Crippen molar-refractivity contribution in [2.45, 2.75) is 44.8 Å². The van der Waals surface area contributed by atoms with Crippen LogP contribution < -0.4 is 0 Å². The molecule has 1 aliphatic heterocycles. The van der Waals surface area contributed by atoms with E-state index in [2.05, 4.69) is 18.7 Å². The molecule has 0 aliphatic carbocycles. The lowest BCUT2D eigenvalue weighted by Crippen LogP contribution is -2.21. The second-order valence-corrected chi connectivity index (χ2v) is 6.12. The zero-order valence-electron chi connectivity index (χ0n) is 10.00. The van der Waals surface area contributed by atoms with Gasteiger partial charge in [0.05, 0.1) is 5.75 Å². The molecule has 0 saturated carbocycles. The lowest BCUT2D eigenvalue weighted by atomic mass is 10.2. The van der Waals surface area contributed by atoms with Gasteiger partial charge in [0.15, 0.2) is 0 Å². The van der Waals surface area contributed by atoms with Crippen LogP contribution in [0.1, 0.15) is 39.5 Å². The highest BCUT2D eigenvalue weighted by molar-refractivity contribution is 8.00. The Balaban J connectivity index is 1.96. The Kier molecular flexibility index (Phi) is 6.34. The average Bonchev–Trinajstić information content (AvgIpc) is 2.67. The fraction of sp³-hybridized carbons (Fsp3) is 0.917. The van der Waals surface area contributed by atoms with Gasteiger partial charge in [0.1, 0.15) is 5.78 Å². The maximum absolute atomic E-state index is 11.5. The first-order valence-corrected chi connectivity index (χ1v) is 7.09. The van der Waals surface area contributed by atoms with Crippen molar-refractivity contribution in [3.63, 3.8) is 0 Å². The van der Waals surface area contributed by atoms with Gasteiger partial charge in [0.25, 0.3) is 0 Å². The molecule has 1 aliphatic rings.